The van der Waals surface area contributed by atoms with Crippen LogP contribution in [0.25, 0.3) is 10.8 Å². The van der Waals surface area contributed by atoms with Crippen LogP contribution in [0.4, 0.5) is 5.69 Å². The van der Waals surface area contributed by atoms with Crippen molar-refractivity contribution in [1.82, 2.24) is 9.78 Å². The predicted octanol–water partition coefficient (Wildman–Crippen LogP) is 3.63. The van der Waals surface area contributed by atoms with E-state index in [4.69, 9.17) is 0 Å². The third kappa shape index (κ3) is 3.52. The maximum absolute atomic E-state index is 12.6. The molecule has 5 nitrogen and oxygen atoms in total. The number of fused-ring (bicyclic) bond motifs is 1. The molecular weight excluding hydrogens is 326 g/mol. The lowest BCUT2D eigenvalue weighted by Crippen LogP contribution is -2.24. The smallest absolute Gasteiger partial charge is 0.274 e. The molecule has 1 atom stereocenters. The van der Waals surface area contributed by atoms with Crippen molar-refractivity contribution in [3.63, 3.8) is 0 Å². The van der Waals surface area contributed by atoms with Gasteiger partial charge in [-0.3, -0.25) is 9.59 Å². The molecule has 0 aliphatic rings. The molecule has 0 saturated heterocycles. The van der Waals surface area contributed by atoms with E-state index in [2.05, 4.69) is 24.3 Å². The number of carbonyl (C=O) groups is 1. The van der Waals surface area contributed by atoms with E-state index in [1.165, 1.54) is 4.68 Å². The first-order valence-electron chi connectivity index (χ1n) is 8.85. The van der Waals surface area contributed by atoms with Crippen LogP contribution in [0.1, 0.15) is 37.4 Å². The molecule has 0 spiro atoms. The Hall–Kier alpha value is -2.95. The second-order valence-corrected chi connectivity index (χ2v) is 6.54. The summed E-state index contributed by atoms with van der Waals surface area (Å²) in [6.07, 6.45) is 1.11. The number of aromatic nitrogens is 2. The molecule has 5 heteroatoms. The van der Waals surface area contributed by atoms with Crippen LogP contribution in [0.5, 0.6) is 0 Å². The zero-order valence-corrected chi connectivity index (χ0v) is 15.3. The van der Waals surface area contributed by atoms with E-state index in [1.54, 1.807) is 13.1 Å². The number of hydrogen-bond acceptors (Lipinski definition) is 3. The van der Waals surface area contributed by atoms with Crippen LogP contribution < -0.4 is 10.9 Å². The lowest BCUT2D eigenvalue weighted by molar-refractivity contribution is -0.115. The van der Waals surface area contributed by atoms with Crippen molar-refractivity contribution >= 4 is 22.4 Å². The Bertz CT molecular complexity index is 1010. The van der Waals surface area contributed by atoms with E-state index >= 15 is 0 Å². The molecule has 1 amide bonds. The maximum atomic E-state index is 12.6. The standard InChI is InChI=1S/C21H23N3O2/c1-4-14(2)15-9-7-8-12-18(15)22-20(25)13-19-16-10-5-6-11-17(16)21(26)24(3)23-19/h5-12,14H,4,13H2,1-3H3,(H,22,25). The summed E-state index contributed by atoms with van der Waals surface area (Å²) in [4.78, 5) is 24.9. The highest BCUT2D eigenvalue weighted by Crippen LogP contribution is 2.26. The zero-order chi connectivity index (χ0) is 18.7. The highest BCUT2D eigenvalue weighted by Gasteiger charge is 2.15. The van der Waals surface area contributed by atoms with Crippen molar-refractivity contribution in [3.05, 3.63) is 70.1 Å². The average molecular weight is 349 g/mol. The molecule has 0 radical (unpaired) electrons. The van der Waals surface area contributed by atoms with Gasteiger partial charge in [0.2, 0.25) is 5.91 Å². The summed E-state index contributed by atoms with van der Waals surface area (Å²) in [5.41, 5.74) is 2.40. The number of nitrogens with one attached hydrogen (secondary N) is 1. The molecular formula is C21H23N3O2. The number of aryl methyl sites for hydroxylation is 1. The summed E-state index contributed by atoms with van der Waals surface area (Å²) in [5, 5.41) is 8.61. The Kier molecular flexibility index (Phi) is 5.16. The van der Waals surface area contributed by atoms with E-state index in [0.29, 0.717) is 17.0 Å². The van der Waals surface area contributed by atoms with Gasteiger partial charge in [-0.25, -0.2) is 4.68 Å². The van der Waals surface area contributed by atoms with Crippen molar-refractivity contribution in [1.29, 1.82) is 0 Å². The fourth-order valence-corrected chi connectivity index (χ4v) is 3.11. The van der Waals surface area contributed by atoms with E-state index in [-0.39, 0.29) is 17.9 Å². The van der Waals surface area contributed by atoms with E-state index in [9.17, 15) is 9.59 Å². The van der Waals surface area contributed by atoms with Crippen LogP contribution in [-0.4, -0.2) is 15.7 Å². The van der Waals surface area contributed by atoms with Crippen LogP contribution in [0.15, 0.2) is 53.3 Å². The Balaban J connectivity index is 1.90. The minimum Gasteiger partial charge on any atom is -0.325 e. The third-order valence-electron chi connectivity index (χ3n) is 4.74. The summed E-state index contributed by atoms with van der Waals surface area (Å²) in [6, 6.07) is 15.1. The average Bonchev–Trinajstić information content (AvgIpc) is 2.65. The lowest BCUT2D eigenvalue weighted by Gasteiger charge is -2.16. The van der Waals surface area contributed by atoms with Gasteiger partial charge in [-0.05, 0) is 30.0 Å². The number of anilines is 1. The zero-order valence-electron chi connectivity index (χ0n) is 15.3. The lowest BCUT2D eigenvalue weighted by atomic mass is 9.97. The number of carbonyl (C=O) groups excluding carboxylic acids is 1. The molecule has 3 rings (SSSR count). The molecule has 0 aliphatic carbocycles. The van der Waals surface area contributed by atoms with Gasteiger partial charge in [-0.2, -0.15) is 5.10 Å². The SMILES string of the molecule is CCC(C)c1ccccc1NC(=O)Cc1nn(C)c(=O)c2ccccc12. The number of nitrogens with zero attached hydrogens (tertiary/aromatic N) is 2. The fourth-order valence-electron chi connectivity index (χ4n) is 3.11. The van der Waals surface area contributed by atoms with Crippen LogP contribution in [-0.2, 0) is 18.3 Å². The minimum absolute atomic E-state index is 0.115. The number of amides is 1. The topological polar surface area (TPSA) is 64.0 Å². The molecule has 0 aliphatic heterocycles. The van der Waals surface area contributed by atoms with Crippen molar-refractivity contribution in [3.8, 4) is 0 Å². The molecule has 0 saturated carbocycles. The van der Waals surface area contributed by atoms with Crippen molar-refractivity contribution < 1.29 is 4.79 Å². The molecule has 1 unspecified atom stereocenters. The van der Waals surface area contributed by atoms with Crippen LogP contribution in [0.3, 0.4) is 0 Å². The molecule has 26 heavy (non-hydrogen) atoms. The quantitative estimate of drug-likeness (QED) is 0.765. The van der Waals surface area contributed by atoms with Gasteiger partial charge in [0.05, 0.1) is 17.5 Å². The molecule has 134 valence electrons. The van der Waals surface area contributed by atoms with Crippen molar-refractivity contribution in [2.24, 2.45) is 7.05 Å². The summed E-state index contributed by atoms with van der Waals surface area (Å²) in [5.74, 6) is 0.222. The highest BCUT2D eigenvalue weighted by molar-refractivity contribution is 5.95. The van der Waals surface area contributed by atoms with E-state index < -0.39 is 0 Å². The van der Waals surface area contributed by atoms with E-state index in [1.807, 2.05) is 42.5 Å². The fraction of sp³-hybridized carbons (Fsp3) is 0.286. The first kappa shape index (κ1) is 17.9. The number of para-hydroxylation sites is 1. The molecule has 1 heterocycles. The summed E-state index contributed by atoms with van der Waals surface area (Å²) in [6.45, 7) is 4.27. The first-order valence-corrected chi connectivity index (χ1v) is 8.85. The largest absolute Gasteiger partial charge is 0.325 e. The Morgan fingerprint density at radius 3 is 2.50 bits per heavy atom. The van der Waals surface area contributed by atoms with Crippen LogP contribution in [0.2, 0.25) is 0 Å². The van der Waals surface area contributed by atoms with Gasteiger partial charge in [0.25, 0.3) is 5.56 Å². The van der Waals surface area contributed by atoms with Crippen molar-refractivity contribution in [2.45, 2.75) is 32.6 Å². The first-order chi connectivity index (χ1) is 12.5. The van der Waals surface area contributed by atoms with E-state index in [0.717, 1.165) is 23.1 Å². The van der Waals surface area contributed by atoms with Gasteiger partial charge in [-0.15, -0.1) is 0 Å². The van der Waals surface area contributed by atoms with Gasteiger partial charge in [0.1, 0.15) is 0 Å². The molecule has 1 aromatic heterocycles. The molecule has 0 bridgehead atoms. The number of hydrogen-bond donors (Lipinski definition) is 1. The number of benzene rings is 2. The minimum atomic E-state index is -0.160. The Morgan fingerprint density at radius 1 is 1.12 bits per heavy atom. The van der Waals surface area contributed by atoms with Gasteiger partial charge < -0.3 is 5.32 Å². The Morgan fingerprint density at radius 2 is 1.77 bits per heavy atom. The molecule has 2 aromatic carbocycles. The summed E-state index contributed by atoms with van der Waals surface area (Å²) >= 11 is 0. The van der Waals surface area contributed by atoms with Gasteiger partial charge in [0, 0.05) is 18.1 Å². The van der Waals surface area contributed by atoms with Gasteiger partial charge in [-0.1, -0.05) is 50.2 Å². The molecule has 3 aromatic rings. The summed E-state index contributed by atoms with van der Waals surface area (Å²) < 4.78 is 1.29. The maximum Gasteiger partial charge on any atom is 0.274 e. The normalized spacial score (nSPS) is 12.1. The predicted molar refractivity (Wildman–Crippen MR) is 104 cm³/mol. The second-order valence-electron chi connectivity index (χ2n) is 6.54. The molecule has 0 fully saturated rings. The summed E-state index contributed by atoms with van der Waals surface area (Å²) in [7, 11) is 1.61. The van der Waals surface area contributed by atoms with Crippen molar-refractivity contribution in [2.75, 3.05) is 5.32 Å². The molecule has 1 N–H and O–H groups in total. The number of rotatable bonds is 5. The Labute approximate surface area is 152 Å². The third-order valence-corrected chi connectivity index (χ3v) is 4.74. The second kappa shape index (κ2) is 7.52. The van der Waals surface area contributed by atoms with Crippen LogP contribution in [0, 0.1) is 0 Å². The van der Waals surface area contributed by atoms with Crippen LogP contribution >= 0.6 is 0 Å². The van der Waals surface area contributed by atoms with Gasteiger partial charge >= 0.3 is 0 Å². The monoisotopic (exact) mass is 349 g/mol. The van der Waals surface area contributed by atoms with Gasteiger partial charge in [0.15, 0.2) is 0 Å². The highest BCUT2D eigenvalue weighted by atomic mass is 16.1.